The molecule has 2 N–H and O–H groups in total. The summed E-state index contributed by atoms with van der Waals surface area (Å²) >= 11 is 6.97. The van der Waals surface area contributed by atoms with E-state index in [-0.39, 0.29) is 0 Å². The SMILES string of the molecule is CCOc1ccc(-c2nn(C3CC4(CNC4)C3)c(C)c2-c2c(Cl)c(C)cc3[nH]ncc23)cc1. The van der Waals surface area contributed by atoms with Crippen molar-refractivity contribution in [3.05, 3.63) is 52.8 Å². The maximum Gasteiger partial charge on any atom is 0.119 e. The van der Waals surface area contributed by atoms with Gasteiger partial charge in [-0.1, -0.05) is 11.6 Å². The molecule has 1 aliphatic carbocycles. The summed E-state index contributed by atoms with van der Waals surface area (Å²) in [6.07, 6.45) is 4.22. The summed E-state index contributed by atoms with van der Waals surface area (Å²) in [7, 11) is 0. The van der Waals surface area contributed by atoms with Crippen molar-refractivity contribution >= 4 is 22.5 Å². The molecule has 170 valence electrons. The minimum absolute atomic E-state index is 0.422. The first-order valence-electron chi connectivity index (χ1n) is 11.7. The van der Waals surface area contributed by atoms with Crippen LogP contribution in [-0.4, -0.2) is 39.7 Å². The number of benzene rings is 2. The summed E-state index contributed by atoms with van der Waals surface area (Å²) < 4.78 is 7.91. The number of rotatable bonds is 5. The maximum atomic E-state index is 6.97. The number of ether oxygens (including phenoxy) is 1. The van der Waals surface area contributed by atoms with E-state index in [4.69, 9.17) is 21.4 Å². The summed E-state index contributed by atoms with van der Waals surface area (Å²) in [5, 5.41) is 17.8. The fraction of sp³-hybridized carbons (Fsp3) is 0.385. The van der Waals surface area contributed by atoms with Crippen LogP contribution < -0.4 is 10.1 Å². The van der Waals surface area contributed by atoms with Crippen LogP contribution in [0.5, 0.6) is 5.75 Å². The van der Waals surface area contributed by atoms with Crippen molar-refractivity contribution in [2.24, 2.45) is 5.41 Å². The van der Waals surface area contributed by atoms with Crippen molar-refractivity contribution in [3.63, 3.8) is 0 Å². The summed E-state index contributed by atoms with van der Waals surface area (Å²) in [4.78, 5) is 0. The lowest BCUT2D eigenvalue weighted by Crippen LogP contribution is -2.60. The molecule has 1 aliphatic heterocycles. The number of fused-ring (bicyclic) bond motifs is 1. The van der Waals surface area contributed by atoms with Crippen molar-refractivity contribution < 1.29 is 4.74 Å². The molecule has 7 heteroatoms. The molecule has 0 bridgehead atoms. The van der Waals surface area contributed by atoms with Gasteiger partial charge in [0.2, 0.25) is 0 Å². The second-order valence-electron chi connectivity index (χ2n) is 9.59. The average Bonchev–Trinajstić information content (AvgIpc) is 3.33. The fourth-order valence-electron chi connectivity index (χ4n) is 5.58. The topological polar surface area (TPSA) is 67.8 Å². The van der Waals surface area contributed by atoms with Crippen LogP contribution in [-0.2, 0) is 0 Å². The summed E-state index contributed by atoms with van der Waals surface area (Å²) in [5.41, 5.74) is 7.75. The molecule has 2 fully saturated rings. The number of nitrogens with zero attached hydrogens (tertiary/aromatic N) is 3. The lowest BCUT2D eigenvalue weighted by Gasteiger charge is -2.54. The second kappa shape index (κ2) is 7.61. The van der Waals surface area contributed by atoms with Gasteiger partial charge in [-0.15, -0.1) is 0 Å². The third-order valence-corrected chi connectivity index (χ3v) is 7.87. The Kier molecular flexibility index (Phi) is 4.78. The number of aromatic nitrogens is 4. The van der Waals surface area contributed by atoms with E-state index in [1.54, 1.807) is 0 Å². The molecule has 1 saturated carbocycles. The molecule has 4 aromatic rings. The molecule has 33 heavy (non-hydrogen) atoms. The van der Waals surface area contributed by atoms with Gasteiger partial charge in [0.15, 0.2) is 0 Å². The molecule has 2 aromatic heterocycles. The molecule has 0 radical (unpaired) electrons. The van der Waals surface area contributed by atoms with Crippen molar-refractivity contribution in [1.82, 2.24) is 25.3 Å². The number of aryl methyl sites for hydroxylation is 1. The van der Waals surface area contributed by atoms with Crippen LogP contribution >= 0.6 is 11.6 Å². The van der Waals surface area contributed by atoms with E-state index < -0.39 is 0 Å². The number of halogens is 1. The van der Waals surface area contributed by atoms with Crippen LogP contribution in [0.1, 0.15) is 37.1 Å². The molecule has 6 rings (SSSR count). The number of nitrogens with one attached hydrogen (secondary N) is 2. The molecule has 6 nitrogen and oxygen atoms in total. The van der Waals surface area contributed by atoms with Gasteiger partial charge < -0.3 is 10.1 Å². The minimum Gasteiger partial charge on any atom is -0.494 e. The zero-order chi connectivity index (χ0) is 22.7. The van der Waals surface area contributed by atoms with Gasteiger partial charge in [-0.25, -0.2) is 0 Å². The Balaban J connectivity index is 1.54. The predicted octanol–water partition coefficient (Wildman–Crippen LogP) is 5.69. The smallest absolute Gasteiger partial charge is 0.119 e. The number of H-pyrrole nitrogens is 1. The van der Waals surface area contributed by atoms with Crippen molar-refractivity contribution in [3.8, 4) is 28.1 Å². The van der Waals surface area contributed by atoms with Crippen molar-refractivity contribution in [1.29, 1.82) is 0 Å². The number of hydrogen-bond acceptors (Lipinski definition) is 4. The molecule has 0 unspecified atom stereocenters. The number of hydrogen-bond donors (Lipinski definition) is 2. The summed E-state index contributed by atoms with van der Waals surface area (Å²) in [6.45, 7) is 9.12. The van der Waals surface area contributed by atoms with E-state index >= 15 is 0 Å². The molecular weight excluding hydrogens is 434 g/mol. The van der Waals surface area contributed by atoms with Gasteiger partial charge in [-0.2, -0.15) is 10.2 Å². The average molecular weight is 462 g/mol. The lowest BCUT2D eigenvalue weighted by atomic mass is 9.61. The molecule has 3 heterocycles. The molecule has 1 spiro atoms. The van der Waals surface area contributed by atoms with Gasteiger partial charge in [0.05, 0.1) is 29.4 Å². The van der Waals surface area contributed by atoms with E-state index in [2.05, 4.69) is 45.3 Å². The standard InChI is InChI=1S/C26H28ClN5O/c1-4-33-19-7-5-17(6-8-19)25-22(23-20-12-29-30-21(20)9-15(2)24(23)27)16(3)32(31-25)18-10-26(11-18)13-28-14-26/h5-9,12,18,28H,4,10-11,13-14H2,1-3H3,(H,29,30). The van der Waals surface area contributed by atoms with E-state index in [0.717, 1.165) is 68.4 Å². The van der Waals surface area contributed by atoms with Crippen LogP contribution in [0, 0.1) is 19.3 Å². The first-order valence-corrected chi connectivity index (χ1v) is 12.0. The Bertz CT molecular complexity index is 1340. The van der Waals surface area contributed by atoms with Crippen LogP contribution in [0.2, 0.25) is 5.02 Å². The van der Waals surface area contributed by atoms with Gasteiger partial charge in [-0.05, 0) is 74.9 Å². The normalized spacial score (nSPS) is 17.3. The summed E-state index contributed by atoms with van der Waals surface area (Å²) in [6, 6.07) is 10.7. The van der Waals surface area contributed by atoms with Gasteiger partial charge in [0.1, 0.15) is 11.4 Å². The molecular formula is C26H28ClN5O. The highest BCUT2D eigenvalue weighted by molar-refractivity contribution is 6.36. The number of aromatic amines is 1. The van der Waals surface area contributed by atoms with Crippen LogP contribution in [0.15, 0.2) is 36.5 Å². The minimum atomic E-state index is 0.422. The van der Waals surface area contributed by atoms with Crippen LogP contribution in [0.4, 0.5) is 0 Å². The summed E-state index contributed by atoms with van der Waals surface area (Å²) in [5.74, 6) is 0.864. The zero-order valence-electron chi connectivity index (χ0n) is 19.2. The highest BCUT2D eigenvalue weighted by Gasteiger charge is 2.50. The lowest BCUT2D eigenvalue weighted by molar-refractivity contribution is 0.00164. The van der Waals surface area contributed by atoms with Crippen molar-refractivity contribution in [2.45, 2.75) is 39.7 Å². The largest absolute Gasteiger partial charge is 0.494 e. The van der Waals surface area contributed by atoms with E-state index in [9.17, 15) is 0 Å². The molecule has 0 amide bonds. The van der Waals surface area contributed by atoms with Gasteiger partial charge in [0.25, 0.3) is 0 Å². The Morgan fingerprint density at radius 1 is 1.15 bits per heavy atom. The predicted molar refractivity (Wildman–Crippen MR) is 132 cm³/mol. The quantitative estimate of drug-likeness (QED) is 0.400. The Morgan fingerprint density at radius 2 is 1.91 bits per heavy atom. The zero-order valence-corrected chi connectivity index (χ0v) is 20.0. The van der Waals surface area contributed by atoms with Crippen LogP contribution in [0.25, 0.3) is 33.3 Å². The molecule has 0 atom stereocenters. The van der Waals surface area contributed by atoms with E-state index in [0.29, 0.717) is 18.1 Å². The third kappa shape index (κ3) is 3.19. The van der Waals surface area contributed by atoms with Gasteiger partial charge in [-0.3, -0.25) is 9.78 Å². The molecule has 2 aliphatic rings. The monoisotopic (exact) mass is 461 g/mol. The first kappa shape index (κ1) is 20.8. The van der Waals surface area contributed by atoms with Gasteiger partial charge in [0, 0.05) is 40.9 Å². The van der Waals surface area contributed by atoms with Crippen molar-refractivity contribution in [2.75, 3.05) is 19.7 Å². The Hall–Kier alpha value is -2.83. The highest BCUT2D eigenvalue weighted by atomic mass is 35.5. The third-order valence-electron chi connectivity index (χ3n) is 7.39. The van der Waals surface area contributed by atoms with E-state index in [1.807, 2.05) is 32.2 Å². The second-order valence-corrected chi connectivity index (χ2v) is 9.97. The Morgan fingerprint density at radius 3 is 2.58 bits per heavy atom. The first-order chi connectivity index (χ1) is 16.0. The Labute approximate surface area is 198 Å². The van der Waals surface area contributed by atoms with Gasteiger partial charge >= 0.3 is 0 Å². The van der Waals surface area contributed by atoms with Crippen LogP contribution in [0.3, 0.4) is 0 Å². The fourth-order valence-corrected chi connectivity index (χ4v) is 5.83. The van der Waals surface area contributed by atoms with E-state index in [1.165, 1.54) is 12.8 Å². The molecule has 1 saturated heterocycles. The molecule has 2 aromatic carbocycles. The maximum absolute atomic E-state index is 6.97. The highest BCUT2D eigenvalue weighted by Crippen LogP contribution is 2.53.